The molecule has 2 aromatic carbocycles. The van der Waals surface area contributed by atoms with Crippen molar-refractivity contribution in [3.63, 3.8) is 0 Å². The fourth-order valence-electron chi connectivity index (χ4n) is 3.32. The molecule has 2 nitrogen and oxygen atoms in total. The second kappa shape index (κ2) is 5.94. The molecule has 0 heterocycles. The van der Waals surface area contributed by atoms with E-state index < -0.39 is 0 Å². The molecule has 1 fully saturated rings. The largest absolute Gasteiger partial charge is 0.393 e. The van der Waals surface area contributed by atoms with Gasteiger partial charge >= 0.3 is 0 Å². The Hall–Kier alpha value is -1.38. The van der Waals surface area contributed by atoms with Gasteiger partial charge in [0.2, 0.25) is 0 Å². The van der Waals surface area contributed by atoms with Crippen molar-refractivity contribution in [3.05, 3.63) is 48.0 Å². The Bertz CT molecular complexity index is 575. The number of hydrogen-bond acceptors (Lipinski definition) is 2. The van der Waals surface area contributed by atoms with E-state index in [4.69, 9.17) is 0 Å². The summed E-state index contributed by atoms with van der Waals surface area (Å²) in [4.78, 5) is 0. The molecule has 1 aliphatic carbocycles. The van der Waals surface area contributed by atoms with E-state index in [1.807, 2.05) is 0 Å². The molecule has 20 heavy (non-hydrogen) atoms. The van der Waals surface area contributed by atoms with Gasteiger partial charge in [-0.05, 0) is 55.0 Å². The summed E-state index contributed by atoms with van der Waals surface area (Å²) < 4.78 is 0. The van der Waals surface area contributed by atoms with Crippen LogP contribution >= 0.6 is 0 Å². The zero-order chi connectivity index (χ0) is 13.9. The molecule has 0 spiro atoms. The third-order valence-corrected chi connectivity index (χ3v) is 4.52. The second-order valence-corrected chi connectivity index (χ2v) is 6.03. The Morgan fingerprint density at radius 2 is 1.95 bits per heavy atom. The lowest BCUT2D eigenvalue weighted by Gasteiger charge is -2.19. The van der Waals surface area contributed by atoms with Crippen LogP contribution in [0.1, 0.15) is 37.8 Å². The van der Waals surface area contributed by atoms with E-state index in [0.29, 0.717) is 12.0 Å². The van der Waals surface area contributed by atoms with Gasteiger partial charge in [0.15, 0.2) is 0 Å². The standard InChI is InChI=1S/C18H23NO/c1-13(19-12-14-9-10-16(20)11-14)17-8-4-6-15-5-2-3-7-18(15)17/h2-8,13-14,16,19-20H,9-12H2,1H3. The molecule has 3 atom stereocenters. The van der Waals surface area contributed by atoms with Crippen LogP contribution in [0.5, 0.6) is 0 Å². The van der Waals surface area contributed by atoms with Crippen LogP contribution in [0.3, 0.4) is 0 Å². The molecule has 2 heteroatoms. The fourth-order valence-corrected chi connectivity index (χ4v) is 3.32. The maximum Gasteiger partial charge on any atom is 0.0543 e. The van der Waals surface area contributed by atoms with E-state index in [2.05, 4.69) is 54.7 Å². The summed E-state index contributed by atoms with van der Waals surface area (Å²) in [7, 11) is 0. The highest BCUT2D eigenvalue weighted by Gasteiger charge is 2.23. The molecule has 3 rings (SSSR count). The fraction of sp³-hybridized carbons (Fsp3) is 0.444. The average molecular weight is 269 g/mol. The molecule has 2 N–H and O–H groups in total. The maximum absolute atomic E-state index is 9.60. The highest BCUT2D eigenvalue weighted by atomic mass is 16.3. The van der Waals surface area contributed by atoms with Crippen molar-refractivity contribution in [2.75, 3.05) is 6.54 Å². The summed E-state index contributed by atoms with van der Waals surface area (Å²) in [5.41, 5.74) is 1.36. The number of benzene rings is 2. The summed E-state index contributed by atoms with van der Waals surface area (Å²) in [6.07, 6.45) is 3.00. The number of aliphatic hydroxyl groups excluding tert-OH is 1. The van der Waals surface area contributed by atoms with E-state index in [1.54, 1.807) is 0 Å². The molecule has 2 aromatic rings. The third-order valence-electron chi connectivity index (χ3n) is 4.52. The molecule has 106 valence electrons. The highest BCUT2D eigenvalue weighted by molar-refractivity contribution is 5.86. The van der Waals surface area contributed by atoms with Crippen LogP contribution in [0, 0.1) is 5.92 Å². The van der Waals surface area contributed by atoms with E-state index in [9.17, 15) is 5.11 Å². The summed E-state index contributed by atoms with van der Waals surface area (Å²) in [6, 6.07) is 15.4. The van der Waals surface area contributed by atoms with Crippen molar-refractivity contribution < 1.29 is 5.11 Å². The lowest BCUT2D eigenvalue weighted by atomic mass is 9.99. The Morgan fingerprint density at radius 1 is 1.15 bits per heavy atom. The molecule has 1 saturated carbocycles. The van der Waals surface area contributed by atoms with Gasteiger partial charge in [-0.3, -0.25) is 0 Å². The van der Waals surface area contributed by atoms with Crippen molar-refractivity contribution in [1.29, 1.82) is 0 Å². The third kappa shape index (κ3) is 2.87. The zero-order valence-electron chi connectivity index (χ0n) is 12.0. The SMILES string of the molecule is CC(NCC1CCC(O)C1)c1cccc2ccccc12. The molecule has 3 unspecified atom stereocenters. The number of rotatable bonds is 4. The molecule has 0 aliphatic heterocycles. The van der Waals surface area contributed by atoms with Gasteiger partial charge in [-0.25, -0.2) is 0 Å². The van der Waals surface area contributed by atoms with Gasteiger partial charge in [-0.2, -0.15) is 0 Å². The van der Waals surface area contributed by atoms with Crippen LogP contribution < -0.4 is 5.32 Å². The van der Waals surface area contributed by atoms with Gasteiger partial charge in [0.1, 0.15) is 0 Å². The van der Waals surface area contributed by atoms with Crippen molar-refractivity contribution in [1.82, 2.24) is 5.32 Å². The van der Waals surface area contributed by atoms with E-state index in [1.165, 1.54) is 16.3 Å². The Balaban J connectivity index is 1.71. The van der Waals surface area contributed by atoms with E-state index >= 15 is 0 Å². The molecule has 0 amide bonds. The van der Waals surface area contributed by atoms with Crippen LogP contribution in [-0.2, 0) is 0 Å². The molecular formula is C18H23NO. The van der Waals surface area contributed by atoms with Crippen LogP contribution in [0.25, 0.3) is 10.8 Å². The van der Waals surface area contributed by atoms with Gasteiger partial charge in [0, 0.05) is 6.04 Å². The summed E-state index contributed by atoms with van der Waals surface area (Å²) in [6.45, 7) is 3.23. The summed E-state index contributed by atoms with van der Waals surface area (Å²) in [5, 5.41) is 15.9. The second-order valence-electron chi connectivity index (χ2n) is 6.03. The number of nitrogens with one attached hydrogen (secondary N) is 1. The van der Waals surface area contributed by atoms with Gasteiger partial charge in [0.05, 0.1) is 6.10 Å². The average Bonchev–Trinajstić information content (AvgIpc) is 2.90. The predicted octanol–water partition coefficient (Wildman–Crippen LogP) is 3.65. The number of aliphatic hydroxyl groups is 1. The van der Waals surface area contributed by atoms with Gasteiger partial charge in [0.25, 0.3) is 0 Å². The normalized spacial score (nSPS) is 24.1. The minimum atomic E-state index is -0.0744. The molecule has 0 bridgehead atoms. The molecule has 1 aliphatic rings. The van der Waals surface area contributed by atoms with Gasteiger partial charge in [-0.15, -0.1) is 0 Å². The first-order valence-corrected chi connectivity index (χ1v) is 7.63. The molecule has 0 saturated heterocycles. The van der Waals surface area contributed by atoms with E-state index in [-0.39, 0.29) is 6.10 Å². The molecule has 0 radical (unpaired) electrons. The van der Waals surface area contributed by atoms with Crippen molar-refractivity contribution in [2.24, 2.45) is 5.92 Å². The minimum Gasteiger partial charge on any atom is -0.393 e. The van der Waals surface area contributed by atoms with Crippen molar-refractivity contribution in [2.45, 2.75) is 38.3 Å². The van der Waals surface area contributed by atoms with Crippen LogP contribution in [0.15, 0.2) is 42.5 Å². The lowest BCUT2D eigenvalue weighted by Crippen LogP contribution is -2.25. The summed E-state index contributed by atoms with van der Waals surface area (Å²) >= 11 is 0. The Labute approximate surface area is 120 Å². The quantitative estimate of drug-likeness (QED) is 0.888. The van der Waals surface area contributed by atoms with Crippen LogP contribution in [0.2, 0.25) is 0 Å². The Morgan fingerprint density at radius 3 is 2.75 bits per heavy atom. The van der Waals surface area contributed by atoms with Gasteiger partial charge < -0.3 is 10.4 Å². The monoisotopic (exact) mass is 269 g/mol. The van der Waals surface area contributed by atoms with Crippen molar-refractivity contribution >= 4 is 10.8 Å². The first-order chi connectivity index (χ1) is 9.74. The Kier molecular flexibility index (Phi) is 4.04. The lowest BCUT2D eigenvalue weighted by molar-refractivity contribution is 0.177. The van der Waals surface area contributed by atoms with Crippen molar-refractivity contribution in [3.8, 4) is 0 Å². The number of fused-ring (bicyclic) bond motifs is 1. The topological polar surface area (TPSA) is 32.3 Å². The van der Waals surface area contributed by atoms with Gasteiger partial charge in [-0.1, -0.05) is 42.5 Å². The number of hydrogen-bond donors (Lipinski definition) is 2. The summed E-state index contributed by atoms with van der Waals surface area (Å²) in [5.74, 6) is 0.627. The first kappa shape index (κ1) is 13.6. The molecular weight excluding hydrogens is 246 g/mol. The first-order valence-electron chi connectivity index (χ1n) is 7.63. The van der Waals surface area contributed by atoms with Crippen LogP contribution in [-0.4, -0.2) is 17.8 Å². The minimum absolute atomic E-state index is 0.0744. The molecule has 0 aromatic heterocycles. The van der Waals surface area contributed by atoms with E-state index in [0.717, 1.165) is 25.8 Å². The van der Waals surface area contributed by atoms with Crippen LogP contribution in [0.4, 0.5) is 0 Å². The highest BCUT2D eigenvalue weighted by Crippen LogP contribution is 2.27. The zero-order valence-corrected chi connectivity index (χ0v) is 12.0. The predicted molar refractivity (Wildman–Crippen MR) is 83.7 cm³/mol. The maximum atomic E-state index is 9.60. The smallest absolute Gasteiger partial charge is 0.0543 e.